The molecule has 2 rings (SSSR count). The summed E-state index contributed by atoms with van der Waals surface area (Å²) in [5, 5.41) is 8.29. The van der Waals surface area contributed by atoms with Gasteiger partial charge < -0.3 is 15.4 Å². The molecule has 0 aliphatic carbocycles. The van der Waals surface area contributed by atoms with Crippen molar-refractivity contribution in [3.63, 3.8) is 0 Å². The molecule has 3 N–H and O–H groups in total. The molecule has 26 heavy (non-hydrogen) atoms. The number of rotatable bonds is 5. The summed E-state index contributed by atoms with van der Waals surface area (Å²) in [6.45, 7) is 0. The van der Waals surface area contributed by atoms with Crippen molar-refractivity contribution in [3.05, 3.63) is 58.1 Å². The van der Waals surface area contributed by atoms with Gasteiger partial charge in [0.05, 0.1) is 19.1 Å². The third kappa shape index (κ3) is 5.53. The second-order valence-electron chi connectivity index (χ2n) is 5.30. The first-order chi connectivity index (χ1) is 12.4. The minimum atomic E-state index is -0.378. The molecule has 0 bridgehead atoms. The van der Waals surface area contributed by atoms with Gasteiger partial charge in [-0.3, -0.25) is 14.9 Å². The van der Waals surface area contributed by atoms with Gasteiger partial charge in [-0.15, -0.1) is 0 Å². The van der Waals surface area contributed by atoms with Crippen LogP contribution in [0.3, 0.4) is 0 Å². The molecular formula is C18H18BrN3O3S. The molecule has 0 spiro atoms. The number of amides is 2. The van der Waals surface area contributed by atoms with Crippen molar-refractivity contribution in [1.82, 2.24) is 10.6 Å². The fourth-order valence-electron chi connectivity index (χ4n) is 2.17. The van der Waals surface area contributed by atoms with Gasteiger partial charge in [-0.25, -0.2) is 0 Å². The second kappa shape index (κ2) is 9.30. The molecule has 0 saturated carbocycles. The van der Waals surface area contributed by atoms with E-state index in [0.29, 0.717) is 23.4 Å². The summed E-state index contributed by atoms with van der Waals surface area (Å²) in [6.07, 6.45) is 0.306. The summed E-state index contributed by atoms with van der Waals surface area (Å²) < 4.78 is 5.96. The number of carbonyl (C=O) groups excluding carboxylic acids is 2. The summed E-state index contributed by atoms with van der Waals surface area (Å²) in [6, 6.07) is 12.4. The molecule has 2 aromatic rings. The monoisotopic (exact) mass is 435 g/mol. The van der Waals surface area contributed by atoms with Crippen LogP contribution < -0.4 is 20.7 Å². The number of ether oxygens (including phenoxy) is 1. The molecule has 0 radical (unpaired) electrons. The lowest BCUT2D eigenvalue weighted by molar-refractivity contribution is -0.119. The molecular weight excluding hydrogens is 418 g/mol. The van der Waals surface area contributed by atoms with E-state index in [9.17, 15) is 9.59 Å². The molecule has 6 nitrogen and oxygen atoms in total. The molecule has 0 fully saturated rings. The SMILES string of the molecule is CNC(=O)Cc1ccc(NC(=S)NC(=O)c2cc(Br)ccc2OC)cc1. The van der Waals surface area contributed by atoms with Crippen molar-refractivity contribution in [2.75, 3.05) is 19.5 Å². The Morgan fingerprint density at radius 2 is 1.85 bits per heavy atom. The van der Waals surface area contributed by atoms with Crippen molar-refractivity contribution in [3.8, 4) is 5.75 Å². The quantitative estimate of drug-likeness (QED) is 0.629. The summed E-state index contributed by atoms with van der Waals surface area (Å²) in [5.41, 5.74) is 1.95. The number of anilines is 1. The largest absolute Gasteiger partial charge is 0.496 e. The Balaban J connectivity index is 1.99. The number of hydrogen-bond acceptors (Lipinski definition) is 4. The molecule has 0 aliphatic rings. The maximum Gasteiger partial charge on any atom is 0.261 e. The van der Waals surface area contributed by atoms with Crippen LogP contribution in [-0.2, 0) is 11.2 Å². The van der Waals surface area contributed by atoms with Crippen LogP contribution in [0.25, 0.3) is 0 Å². The zero-order chi connectivity index (χ0) is 19.1. The smallest absolute Gasteiger partial charge is 0.261 e. The first-order valence-electron chi connectivity index (χ1n) is 7.68. The molecule has 8 heteroatoms. The van der Waals surface area contributed by atoms with Crippen LogP contribution in [0.1, 0.15) is 15.9 Å². The van der Waals surface area contributed by atoms with Crippen molar-refractivity contribution in [2.45, 2.75) is 6.42 Å². The number of nitrogens with one attached hydrogen (secondary N) is 3. The van der Waals surface area contributed by atoms with Gasteiger partial charge in [-0.2, -0.15) is 0 Å². The lowest BCUT2D eigenvalue weighted by Crippen LogP contribution is -2.34. The molecule has 0 unspecified atom stereocenters. The Labute approximate surface area is 165 Å². The van der Waals surface area contributed by atoms with Crippen LogP contribution in [0.2, 0.25) is 0 Å². The molecule has 0 saturated heterocycles. The number of methoxy groups -OCH3 is 1. The lowest BCUT2D eigenvalue weighted by atomic mass is 10.1. The normalized spacial score (nSPS) is 9.96. The summed E-state index contributed by atoms with van der Waals surface area (Å²) in [5.74, 6) is 0.0143. The van der Waals surface area contributed by atoms with Gasteiger partial charge in [0.2, 0.25) is 5.91 Å². The minimum absolute atomic E-state index is 0.0588. The average molecular weight is 436 g/mol. The third-order valence-corrected chi connectivity index (χ3v) is 4.19. The topological polar surface area (TPSA) is 79.5 Å². The van der Waals surface area contributed by atoms with E-state index in [1.165, 1.54) is 7.11 Å². The zero-order valence-electron chi connectivity index (χ0n) is 14.3. The number of hydrogen-bond donors (Lipinski definition) is 3. The molecule has 0 heterocycles. The summed E-state index contributed by atoms with van der Waals surface area (Å²) in [7, 11) is 3.09. The predicted octanol–water partition coefficient (Wildman–Crippen LogP) is 2.87. The molecule has 2 amide bonds. The summed E-state index contributed by atoms with van der Waals surface area (Å²) >= 11 is 8.52. The van der Waals surface area contributed by atoms with Gasteiger partial charge >= 0.3 is 0 Å². The standard InChI is InChI=1S/C18H18BrN3O3S/c1-20-16(23)9-11-3-6-13(7-4-11)21-18(26)22-17(24)14-10-12(19)5-8-15(14)25-2/h3-8,10H,9H2,1-2H3,(H,20,23)(H2,21,22,24,26). The number of halogens is 1. The first-order valence-corrected chi connectivity index (χ1v) is 8.88. The van der Waals surface area contributed by atoms with Gasteiger partial charge in [-0.05, 0) is 48.1 Å². The van der Waals surface area contributed by atoms with E-state index in [0.717, 1.165) is 10.0 Å². The first kappa shape index (κ1) is 19.9. The van der Waals surface area contributed by atoms with Crippen LogP contribution in [0.5, 0.6) is 5.75 Å². The Bertz CT molecular complexity index is 825. The van der Waals surface area contributed by atoms with Gasteiger partial charge in [-0.1, -0.05) is 28.1 Å². The van der Waals surface area contributed by atoms with Crippen LogP contribution in [0.4, 0.5) is 5.69 Å². The molecule has 2 aromatic carbocycles. The van der Waals surface area contributed by atoms with Crippen molar-refractivity contribution < 1.29 is 14.3 Å². The van der Waals surface area contributed by atoms with E-state index in [1.54, 1.807) is 37.4 Å². The molecule has 136 valence electrons. The number of likely N-dealkylation sites (N-methyl/N-ethyl adjacent to an activating group) is 1. The van der Waals surface area contributed by atoms with E-state index >= 15 is 0 Å². The number of carbonyl (C=O) groups is 2. The van der Waals surface area contributed by atoms with Crippen LogP contribution in [-0.4, -0.2) is 31.1 Å². The minimum Gasteiger partial charge on any atom is -0.496 e. The predicted molar refractivity (Wildman–Crippen MR) is 109 cm³/mol. The third-order valence-electron chi connectivity index (χ3n) is 3.49. The van der Waals surface area contributed by atoms with Gasteiger partial charge in [0, 0.05) is 17.2 Å². The fraction of sp³-hybridized carbons (Fsp3) is 0.167. The van der Waals surface area contributed by atoms with Crippen molar-refractivity contribution in [1.29, 1.82) is 0 Å². The lowest BCUT2D eigenvalue weighted by Gasteiger charge is -2.12. The number of benzene rings is 2. The highest BCUT2D eigenvalue weighted by molar-refractivity contribution is 9.10. The highest BCUT2D eigenvalue weighted by Gasteiger charge is 2.14. The van der Waals surface area contributed by atoms with Gasteiger partial charge in [0.15, 0.2) is 5.11 Å². The maximum absolute atomic E-state index is 12.4. The van der Waals surface area contributed by atoms with Crippen LogP contribution in [0, 0.1) is 0 Å². The maximum atomic E-state index is 12.4. The van der Waals surface area contributed by atoms with Gasteiger partial charge in [0.1, 0.15) is 5.75 Å². The average Bonchev–Trinajstić information content (AvgIpc) is 2.63. The van der Waals surface area contributed by atoms with E-state index in [1.807, 2.05) is 12.1 Å². The fourth-order valence-corrected chi connectivity index (χ4v) is 2.74. The highest BCUT2D eigenvalue weighted by Crippen LogP contribution is 2.22. The second-order valence-corrected chi connectivity index (χ2v) is 6.62. The summed E-state index contributed by atoms with van der Waals surface area (Å²) in [4.78, 5) is 23.8. The van der Waals surface area contributed by atoms with E-state index in [-0.39, 0.29) is 16.9 Å². The number of thiocarbonyl (C=S) groups is 1. The van der Waals surface area contributed by atoms with E-state index < -0.39 is 0 Å². The van der Waals surface area contributed by atoms with Crippen molar-refractivity contribution >= 4 is 50.8 Å². The van der Waals surface area contributed by atoms with Crippen molar-refractivity contribution in [2.24, 2.45) is 0 Å². The zero-order valence-corrected chi connectivity index (χ0v) is 16.7. The molecule has 0 aromatic heterocycles. The van der Waals surface area contributed by atoms with Crippen LogP contribution >= 0.6 is 28.1 Å². The molecule has 0 atom stereocenters. The van der Waals surface area contributed by atoms with Crippen LogP contribution in [0.15, 0.2) is 46.9 Å². The Morgan fingerprint density at radius 1 is 1.15 bits per heavy atom. The molecule has 0 aliphatic heterocycles. The Morgan fingerprint density at radius 3 is 2.46 bits per heavy atom. The Kier molecular flexibility index (Phi) is 7.11. The van der Waals surface area contributed by atoms with E-state index in [4.69, 9.17) is 17.0 Å². The van der Waals surface area contributed by atoms with E-state index in [2.05, 4.69) is 31.9 Å². The van der Waals surface area contributed by atoms with Gasteiger partial charge in [0.25, 0.3) is 5.91 Å². The Hall–Kier alpha value is -2.45. The highest BCUT2D eigenvalue weighted by atomic mass is 79.9.